The van der Waals surface area contributed by atoms with Gasteiger partial charge in [-0.2, -0.15) is 0 Å². The topological polar surface area (TPSA) is 41.6 Å². The van der Waals surface area contributed by atoms with Crippen LogP contribution in [-0.4, -0.2) is 22.5 Å². The van der Waals surface area contributed by atoms with Crippen LogP contribution in [0.4, 0.5) is 0 Å². The van der Waals surface area contributed by atoms with E-state index in [4.69, 9.17) is 40.2 Å². The first-order chi connectivity index (χ1) is 13.0. The maximum atomic E-state index is 12.5. The molecule has 0 atom stereocenters. The van der Waals surface area contributed by atoms with Gasteiger partial charge in [-0.1, -0.05) is 54.4 Å². The van der Waals surface area contributed by atoms with Gasteiger partial charge in [-0.3, -0.25) is 9.69 Å². The highest BCUT2D eigenvalue weighted by Gasteiger charge is 2.29. The first kappa shape index (κ1) is 19.7. The maximum Gasteiger partial charge on any atom is 0.276 e. The molecule has 0 spiro atoms. The number of halogens is 2. The zero-order valence-electron chi connectivity index (χ0n) is 14.7. The molecule has 7 heteroatoms. The van der Waals surface area contributed by atoms with Crippen LogP contribution >= 0.6 is 35.4 Å². The third-order valence-electron chi connectivity index (χ3n) is 4.03. The second-order valence-corrected chi connectivity index (χ2v) is 7.24. The Balaban J connectivity index is 1.80. The summed E-state index contributed by atoms with van der Waals surface area (Å²) in [5, 5.41) is 4.53. The van der Waals surface area contributed by atoms with Crippen molar-refractivity contribution in [3.05, 3.63) is 69.3 Å². The Kier molecular flexibility index (Phi) is 6.37. The second kappa shape index (κ2) is 8.74. The summed E-state index contributed by atoms with van der Waals surface area (Å²) in [6.07, 6.45) is 2.59. The van der Waals surface area contributed by atoms with Crippen LogP contribution in [0.1, 0.15) is 24.5 Å². The lowest BCUT2D eigenvalue weighted by Crippen LogP contribution is -2.31. The van der Waals surface area contributed by atoms with Crippen molar-refractivity contribution >= 4 is 52.5 Å². The SMILES string of the molecule is CCCN1C(=O)/C(=C/c2ccccc2OCc2ccc(Cl)cc2Cl)NC1=S. The predicted molar refractivity (Wildman–Crippen MR) is 113 cm³/mol. The number of thiocarbonyl (C=S) groups is 1. The van der Waals surface area contributed by atoms with Gasteiger partial charge in [0.1, 0.15) is 18.1 Å². The van der Waals surface area contributed by atoms with Crippen molar-refractivity contribution in [2.45, 2.75) is 20.0 Å². The number of hydrogen-bond donors (Lipinski definition) is 1. The van der Waals surface area contributed by atoms with E-state index in [-0.39, 0.29) is 12.5 Å². The van der Waals surface area contributed by atoms with Crippen LogP contribution in [0, 0.1) is 0 Å². The monoisotopic (exact) mass is 420 g/mol. The van der Waals surface area contributed by atoms with Gasteiger partial charge >= 0.3 is 0 Å². The first-order valence-corrected chi connectivity index (χ1v) is 9.66. The summed E-state index contributed by atoms with van der Waals surface area (Å²) in [5.74, 6) is 0.517. The third kappa shape index (κ3) is 4.61. The molecule has 4 nitrogen and oxygen atoms in total. The average Bonchev–Trinajstić information content (AvgIpc) is 2.90. The van der Waals surface area contributed by atoms with Crippen molar-refractivity contribution in [2.75, 3.05) is 6.54 Å². The van der Waals surface area contributed by atoms with Crippen molar-refractivity contribution < 1.29 is 9.53 Å². The number of amides is 1. The molecule has 2 aromatic rings. The van der Waals surface area contributed by atoms with Crippen molar-refractivity contribution in [3.63, 3.8) is 0 Å². The largest absolute Gasteiger partial charge is 0.488 e. The van der Waals surface area contributed by atoms with Crippen molar-refractivity contribution in [3.8, 4) is 5.75 Å². The van der Waals surface area contributed by atoms with Crippen LogP contribution in [-0.2, 0) is 11.4 Å². The molecule has 0 radical (unpaired) electrons. The molecule has 1 saturated heterocycles. The lowest BCUT2D eigenvalue weighted by Gasteiger charge is -2.12. The van der Waals surface area contributed by atoms with E-state index in [1.807, 2.05) is 37.3 Å². The molecule has 3 rings (SSSR count). The molecule has 0 aromatic heterocycles. The molecule has 0 unspecified atom stereocenters. The number of nitrogens with one attached hydrogen (secondary N) is 1. The average molecular weight is 421 g/mol. The predicted octanol–water partition coefficient (Wildman–Crippen LogP) is 5.04. The number of para-hydroxylation sites is 1. The summed E-state index contributed by atoms with van der Waals surface area (Å²) in [7, 11) is 0. The van der Waals surface area contributed by atoms with Gasteiger partial charge in [0.2, 0.25) is 0 Å². The minimum atomic E-state index is -0.127. The second-order valence-electron chi connectivity index (χ2n) is 6.01. The zero-order valence-corrected chi connectivity index (χ0v) is 17.0. The molecule has 1 aliphatic heterocycles. The molecule has 1 heterocycles. The molecule has 1 aliphatic rings. The number of ether oxygens (including phenoxy) is 1. The van der Waals surface area contributed by atoms with Gasteiger partial charge in [0.15, 0.2) is 5.11 Å². The molecular formula is C20H18Cl2N2O2S. The molecule has 1 amide bonds. The molecule has 140 valence electrons. The third-order valence-corrected chi connectivity index (χ3v) is 4.94. The van der Waals surface area contributed by atoms with E-state index in [0.29, 0.717) is 33.1 Å². The smallest absolute Gasteiger partial charge is 0.276 e. The van der Waals surface area contributed by atoms with E-state index in [1.54, 1.807) is 23.1 Å². The van der Waals surface area contributed by atoms with E-state index < -0.39 is 0 Å². The minimum Gasteiger partial charge on any atom is -0.488 e. The number of carbonyl (C=O) groups is 1. The number of hydrogen-bond acceptors (Lipinski definition) is 3. The van der Waals surface area contributed by atoms with Gasteiger partial charge in [0.05, 0.1) is 0 Å². The van der Waals surface area contributed by atoms with Crippen LogP contribution in [0.25, 0.3) is 6.08 Å². The van der Waals surface area contributed by atoms with Crippen molar-refractivity contribution in [2.24, 2.45) is 0 Å². The summed E-state index contributed by atoms with van der Waals surface area (Å²) in [6.45, 7) is 2.88. The Morgan fingerprint density at radius 1 is 1.22 bits per heavy atom. The summed E-state index contributed by atoms with van der Waals surface area (Å²) in [4.78, 5) is 14.1. The molecule has 0 bridgehead atoms. The van der Waals surface area contributed by atoms with Crippen molar-refractivity contribution in [1.82, 2.24) is 10.2 Å². The highest BCUT2D eigenvalue weighted by molar-refractivity contribution is 7.80. The molecule has 0 saturated carbocycles. The molecular weight excluding hydrogens is 403 g/mol. The van der Waals surface area contributed by atoms with Crippen LogP contribution < -0.4 is 10.1 Å². The molecule has 1 N–H and O–H groups in total. The normalized spacial score (nSPS) is 15.4. The van der Waals surface area contributed by atoms with Gasteiger partial charge in [-0.05, 0) is 42.9 Å². The first-order valence-electron chi connectivity index (χ1n) is 8.50. The van der Waals surface area contributed by atoms with Crippen LogP contribution in [0.5, 0.6) is 5.75 Å². The lowest BCUT2D eigenvalue weighted by molar-refractivity contribution is -0.122. The lowest BCUT2D eigenvalue weighted by atomic mass is 10.1. The van der Waals surface area contributed by atoms with E-state index in [1.165, 1.54) is 0 Å². The van der Waals surface area contributed by atoms with E-state index >= 15 is 0 Å². The molecule has 27 heavy (non-hydrogen) atoms. The molecule has 1 fully saturated rings. The van der Waals surface area contributed by atoms with Crippen LogP contribution in [0.3, 0.4) is 0 Å². The Hall–Kier alpha value is -2.08. The Labute approximate surface area is 173 Å². The van der Waals surface area contributed by atoms with Crippen LogP contribution in [0.15, 0.2) is 48.2 Å². The standard InChI is InChI=1S/C20H18Cl2N2O2S/c1-2-9-24-19(25)17(23-20(24)27)10-13-5-3-4-6-18(13)26-12-14-7-8-15(21)11-16(14)22/h3-8,10-11H,2,9,12H2,1H3,(H,23,27)/b17-10-. The zero-order chi connectivity index (χ0) is 19.4. The Bertz CT molecular complexity index is 915. The number of benzene rings is 2. The van der Waals surface area contributed by atoms with E-state index in [0.717, 1.165) is 17.5 Å². The van der Waals surface area contributed by atoms with E-state index in [2.05, 4.69) is 5.32 Å². The van der Waals surface area contributed by atoms with Gasteiger partial charge in [-0.25, -0.2) is 0 Å². The number of nitrogens with zero attached hydrogens (tertiary/aromatic N) is 1. The molecule has 0 aliphatic carbocycles. The summed E-state index contributed by atoms with van der Waals surface area (Å²) < 4.78 is 5.93. The van der Waals surface area contributed by atoms with E-state index in [9.17, 15) is 4.79 Å². The minimum absolute atomic E-state index is 0.127. The van der Waals surface area contributed by atoms with Gasteiger partial charge in [-0.15, -0.1) is 0 Å². The Morgan fingerprint density at radius 2 is 2.00 bits per heavy atom. The summed E-state index contributed by atoms with van der Waals surface area (Å²) >= 11 is 17.4. The van der Waals surface area contributed by atoms with Crippen molar-refractivity contribution in [1.29, 1.82) is 0 Å². The maximum absolute atomic E-state index is 12.5. The fraction of sp³-hybridized carbons (Fsp3) is 0.200. The number of rotatable bonds is 6. The highest BCUT2D eigenvalue weighted by Crippen LogP contribution is 2.26. The number of carbonyl (C=O) groups excluding carboxylic acids is 1. The molecule has 2 aromatic carbocycles. The van der Waals surface area contributed by atoms with Gasteiger partial charge < -0.3 is 10.1 Å². The van der Waals surface area contributed by atoms with Gasteiger partial charge in [0, 0.05) is 27.7 Å². The highest BCUT2D eigenvalue weighted by atomic mass is 35.5. The van der Waals surface area contributed by atoms with Gasteiger partial charge in [0.25, 0.3) is 5.91 Å². The fourth-order valence-electron chi connectivity index (χ4n) is 2.68. The van der Waals surface area contributed by atoms with Crippen LogP contribution in [0.2, 0.25) is 10.0 Å². The quantitative estimate of drug-likeness (QED) is 0.524. The summed E-state index contributed by atoms with van der Waals surface area (Å²) in [6, 6.07) is 12.8. The Morgan fingerprint density at radius 3 is 2.74 bits per heavy atom. The fourth-order valence-corrected chi connectivity index (χ4v) is 3.43. The summed E-state index contributed by atoms with van der Waals surface area (Å²) in [5.41, 5.74) is 2.04.